The lowest BCUT2D eigenvalue weighted by Crippen LogP contribution is -2.26. The summed E-state index contributed by atoms with van der Waals surface area (Å²) < 4.78 is 18.4. The number of hydrogen-bond acceptors (Lipinski definition) is 3. The maximum atomic E-state index is 13.5. The van der Waals surface area contributed by atoms with Crippen LogP contribution >= 0.6 is 12.4 Å². The number of aliphatic hydroxyl groups excluding tert-OH is 1. The van der Waals surface area contributed by atoms with Crippen molar-refractivity contribution in [1.29, 1.82) is 0 Å². The average Bonchev–Trinajstić information content (AvgIpc) is 2.34. The molecule has 1 aromatic carbocycles. The van der Waals surface area contributed by atoms with Gasteiger partial charge in [-0.2, -0.15) is 0 Å². The van der Waals surface area contributed by atoms with Crippen molar-refractivity contribution < 1.29 is 14.2 Å². The van der Waals surface area contributed by atoms with Crippen molar-refractivity contribution in [1.82, 2.24) is 0 Å². The van der Waals surface area contributed by atoms with Crippen LogP contribution in [0, 0.1) is 5.82 Å². The van der Waals surface area contributed by atoms with E-state index in [0.29, 0.717) is 12.0 Å². The van der Waals surface area contributed by atoms with Gasteiger partial charge in [0.2, 0.25) is 0 Å². The highest BCUT2D eigenvalue weighted by Gasteiger charge is 2.21. The van der Waals surface area contributed by atoms with Gasteiger partial charge in [0.15, 0.2) is 11.6 Å². The summed E-state index contributed by atoms with van der Waals surface area (Å²) in [6.45, 7) is 2.04. The Morgan fingerprint density at radius 3 is 2.67 bits per heavy atom. The molecule has 0 aliphatic heterocycles. The van der Waals surface area contributed by atoms with Crippen LogP contribution in [0.1, 0.15) is 37.8 Å². The maximum Gasteiger partial charge on any atom is 0.165 e. The van der Waals surface area contributed by atoms with Gasteiger partial charge in [-0.05, 0) is 12.5 Å². The van der Waals surface area contributed by atoms with Crippen LogP contribution in [0.5, 0.6) is 5.75 Å². The van der Waals surface area contributed by atoms with Gasteiger partial charge in [0, 0.05) is 5.56 Å². The summed E-state index contributed by atoms with van der Waals surface area (Å²) in [5.74, 6) is -0.335. The number of halogens is 2. The predicted octanol–water partition coefficient (Wildman–Crippen LogP) is 2.81. The van der Waals surface area contributed by atoms with E-state index in [9.17, 15) is 9.50 Å². The Bertz CT molecular complexity index is 363. The second-order valence-electron chi connectivity index (χ2n) is 4.10. The molecule has 0 amide bonds. The van der Waals surface area contributed by atoms with E-state index in [2.05, 4.69) is 0 Å². The van der Waals surface area contributed by atoms with Crippen LogP contribution in [-0.2, 0) is 0 Å². The van der Waals surface area contributed by atoms with Crippen molar-refractivity contribution in [2.75, 3.05) is 7.11 Å². The monoisotopic (exact) mass is 277 g/mol. The fraction of sp³-hybridized carbons (Fsp3) is 0.538. The first-order chi connectivity index (χ1) is 8.11. The number of methoxy groups -OCH3 is 1. The standard InChI is InChI=1S/C13H20FNO2.ClH/c1-3-4-8-11(16)12(15)9-6-5-7-10(14)13(9)17-2;/h5-7,11-12,16H,3-4,8,15H2,1-2H3;1H/t11-,12+;/m0./s1. The van der Waals surface area contributed by atoms with Crippen LogP contribution in [0.15, 0.2) is 18.2 Å². The molecule has 104 valence electrons. The first kappa shape index (κ1) is 17.2. The number of aliphatic hydroxyl groups is 1. The van der Waals surface area contributed by atoms with Gasteiger partial charge in [0.05, 0.1) is 19.3 Å². The van der Waals surface area contributed by atoms with Crippen LogP contribution in [0.4, 0.5) is 4.39 Å². The van der Waals surface area contributed by atoms with Crippen molar-refractivity contribution >= 4 is 12.4 Å². The van der Waals surface area contributed by atoms with Crippen LogP contribution in [-0.4, -0.2) is 18.3 Å². The number of unbranched alkanes of at least 4 members (excludes halogenated alkanes) is 1. The minimum absolute atomic E-state index is 0. The van der Waals surface area contributed by atoms with Gasteiger partial charge < -0.3 is 15.6 Å². The molecule has 0 aliphatic carbocycles. The number of hydrogen-bond donors (Lipinski definition) is 2. The molecule has 3 nitrogen and oxygen atoms in total. The predicted molar refractivity (Wildman–Crippen MR) is 72.7 cm³/mol. The summed E-state index contributed by atoms with van der Waals surface area (Å²) in [6.07, 6.45) is 1.82. The molecule has 0 bridgehead atoms. The molecule has 0 saturated heterocycles. The van der Waals surface area contributed by atoms with Gasteiger partial charge in [-0.1, -0.05) is 31.9 Å². The first-order valence-electron chi connectivity index (χ1n) is 5.87. The molecular formula is C13H21ClFNO2. The lowest BCUT2D eigenvalue weighted by molar-refractivity contribution is 0.131. The van der Waals surface area contributed by atoms with Gasteiger partial charge in [0.25, 0.3) is 0 Å². The lowest BCUT2D eigenvalue weighted by Gasteiger charge is -2.21. The third-order valence-corrected chi connectivity index (χ3v) is 2.83. The van der Waals surface area contributed by atoms with E-state index in [-0.39, 0.29) is 18.2 Å². The molecule has 0 aromatic heterocycles. The summed E-state index contributed by atoms with van der Waals surface area (Å²) in [4.78, 5) is 0. The molecule has 0 aliphatic rings. The third-order valence-electron chi connectivity index (χ3n) is 2.83. The molecule has 0 saturated carbocycles. The van der Waals surface area contributed by atoms with E-state index in [4.69, 9.17) is 10.5 Å². The summed E-state index contributed by atoms with van der Waals surface area (Å²) in [7, 11) is 1.40. The molecule has 1 rings (SSSR count). The van der Waals surface area contributed by atoms with Crippen LogP contribution in [0.25, 0.3) is 0 Å². The van der Waals surface area contributed by atoms with E-state index in [0.717, 1.165) is 12.8 Å². The van der Waals surface area contributed by atoms with E-state index < -0.39 is 18.0 Å². The Balaban J connectivity index is 0.00000289. The summed E-state index contributed by atoms with van der Waals surface area (Å²) in [6, 6.07) is 3.95. The summed E-state index contributed by atoms with van der Waals surface area (Å²) in [5.41, 5.74) is 6.44. The van der Waals surface area contributed by atoms with Gasteiger partial charge in [-0.3, -0.25) is 0 Å². The Hall–Kier alpha value is -0.840. The van der Waals surface area contributed by atoms with Crippen molar-refractivity contribution in [3.63, 3.8) is 0 Å². The van der Waals surface area contributed by atoms with Crippen molar-refractivity contribution in [3.8, 4) is 5.75 Å². The lowest BCUT2D eigenvalue weighted by atomic mass is 9.97. The Morgan fingerprint density at radius 2 is 2.11 bits per heavy atom. The Morgan fingerprint density at radius 1 is 1.44 bits per heavy atom. The minimum Gasteiger partial charge on any atom is -0.493 e. The normalized spacial score (nSPS) is 13.6. The molecular weight excluding hydrogens is 257 g/mol. The SMILES string of the molecule is CCCC[C@H](O)[C@H](N)c1cccc(F)c1OC.Cl. The molecule has 3 N–H and O–H groups in total. The molecule has 18 heavy (non-hydrogen) atoms. The van der Waals surface area contributed by atoms with Gasteiger partial charge in [-0.15, -0.1) is 12.4 Å². The van der Waals surface area contributed by atoms with Gasteiger partial charge in [0.1, 0.15) is 0 Å². The third kappa shape index (κ3) is 4.12. The summed E-state index contributed by atoms with van der Waals surface area (Å²) in [5, 5.41) is 9.91. The molecule has 0 radical (unpaired) electrons. The Kier molecular flexibility index (Phi) is 7.91. The number of nitrogens with two attached hydrogens (primary N) is 1. The molecule has 0 unspecified atom stereocenters. The van der Waals surface area contributed by atoms with Crippen LogP contribution < -0.4 is 10.5 Å². The maximum absolute atomic E-state index is 13.5. The average molecular weight is 278 g/mol. The highest BCUT2D eigenvalue weighted by atomic mass is 35.5. The number of ether oxygens (including phenoxy) is 1. The zero-order valence-electron chi connectivity index (χ0n) is 10.7. The minimum atomic E-state index is -0.675. The van der Waals surface area contributed by atoms with E-state index in [1.54, 1.807) is 12.1 Å². The molecule has 0 fully saturated rings. The van der Waals surface area contributed by atoms with E-state index in [1.807, 2.05) is 6.92 Å². The second kappa shape index (κ2) is 8.29. The zero-order valence-corrected chi connectivity index (χ0v) is 11.5. The Labute approximate surface area is 114 Å². The largest absolute Gasteiger partial charge is 0.493 e. The van der Waals surface area contributed by atoms with Crippen LogP contribution in [0.2, 0.25) is 0 Å². The number of benzene rings is 1. The van der Waals surface area contributed by atoms with Crippen molar-refractivity contribution in [3.05, 3.63) is 29.6 Å². The second-order valence-corrected chi connectivity index (χ2v) is 4.10. The molecule has 1 aromatic rings. The van der Waals surface area contributed by atoms with Crippen molar-refractivity contribution in [2.45, 2.75) is 38.3 Å². The number of para-hydroxylation sites is 1. The summed E-state index contributed by atoms with van der Waals surface area (Å²) >= 11 is 0. The smallest absolute Gasteiger partial charge is 0.165 e. The highest BCUT2D eigenvalue weighted by molar-refractivity contribution is 5.85. The molecule has 0 heterocycles. The quantitative estimate of drug-likeness (QED) is 0.841. The molecule has 5 heteroatoms. The molecule has 0 spiro atoms. The van der Waals surface area contributed by atoms with Crippen LogP contribution in [0.3, 0.4) is 0 Å². The van der Waals surface area contributed by atoms with E-state index in [1.165, 1.54) is 13.2 Å². The van der Waals surface area contributed by atoms with Crippen molar-refractivity contribution in [2.24, 2.45) is 5.73 Å². The fourth-order valence-electron chi connectivity index (χ4n) is 1.80. The molecule has 2 atom stereocenters. The number of rotatable bonds is 6. The first-order valence-corrected chi connectivity index (χ1v) is 5.87. The highest BCUT2D eigenvalue weighted by Crippen LogP contribution is 2.29. The topological polar surface area (TPSA) is 55.5 Å². The van der Waals surface area contributed by atoms with Gasteiger partial charge >= 0.3 is 0 Å². The fourth-order valence-corrected chi connectivity index (χ4v) is 1.80. The van der Waals surface area contributed by atoms with E-state index >= 15 is 0 Å². The van der Waals surface area contributed by atoms with Gasteiger partial charge in [-0.25, -0.2) is 4.39 Å². The zero-order chi connectivity index (χ0) is 12.8.